The van der Waals surface area contributed by atoms with Gasteiger partial charge in [0.25, 0.3) is 5.91 Å². The highest BCUT2D eigenvalue weighted by molar-refractivity contribution is 6.30. The van der Waals surface area contributed by atoms with E-state index in [0.29, 0.717) is 27.8 Å². The van der Waals surface area contributed by atoms with Gasteiger partial charge in [0.1, 0.15) is 0 Å². The van der Waals surface area contributed by atoms with Crippen molar-refractivity contribution < 1.29 is 9.21 Å². The average molecular weight is 389 g/mol. The van der Waals surface area contributed by atoms with E-state index in [0.717, 1.165) is 16.8 Å². The Morgan fingerprint density at radius 3 is 2.46 bits per heavy atom. The number of anilines is 1. The number of carbonyl (C=O) groups excluding carboxylic acids is 1. The third kappa shape index (κ3) is 3.68. The second-order valence-corrected chi connectivity index (χ2v) is 6.79. The minimum absolute atomic E-state index is 0.212. The molecule has 138 valence electrons. The number of halogens is 1. The lowest BCUT2D eigenvalue weighted by molar-refractivity contribution is 0.102. The third-order valence-corrected chi connectivity index (χ3v) is 4.68. The maximum absolute atomic E-state index is 12.9. The quantitative estimate of drug-likeness (QED) is 0.451. The zero-order valence-electron chi connectivity index (χ0n) is 15.1. The lowest BCUT2D eigenvalue weighted by Gasteiger charge is -2.10. The van der Waals surface area contributed by atoms with Gasteiger partial charge in [-0.05, 0) is 55.0 Å². The van der Waals surface area contributed by atoms with E-state index < -0.39 is 0 Å². The van der Waals surface area contributed by atoms with Crippen molar-refractivity contribution in [3.63, 3.8) is 0 Å². The van der Waals surface area contributed by atoms with Crippen LogP contribution >= 0.6 is 11.6 Å². The molecule has 3 aromatic carbocycles. The van der Waals surface area contributed by atoms with Crippen molar-refractivity contribution in [1.29, 1.82) is 0 Å². The van der Waals surface area contributed by atoms with Crippen LogP contribution in [0.3, 0.4) is 0 Å². The Hall–Kier alpha value is -3.37. The standard InChI is InChI=1S/C23H17ClN2O2/c1-15-6-2-5-9-20(15)26-22(27)18-7-3-4-8-19(18)23-25-14-21(28-23)16-10-12-17(24)13-11-16/h2-14H,1H3,(H,26,27). The summed E-state index contributed by atoms with van der Waals surface area (Å²) in [7, 11) is 0. The van der Waals surface area contributed by atoms with Crippen LogP contribution in [0.2, 0.25) is 5.02 Å². The van der Waals surface area contributed by atoms with Crippen molar-refractivity contribution in [2.75, 3.05) is 5.32 Å². The second-order valence-electron chi connectivity index (χ2n) is 6.35. The van der Waals surface area contributed by atoms with Gasteiger partial charge in [-0.2, -0.15) is 0 Å². The molecule has 0 aliphatic rings. The molecule has 0 bridgehead atoms. The van der Waals surface area contributed by atoms with Crippen molar-refractivity contribution in [3.05, 3.63) is 95.1 Å². The number of benzene rings is 3. The summed E-state index contributed by atoms with van der Waals surface area (Å²) in [6, 6.07) is 22.2. The van der Waals surface area contributed by atoms with Crippen LogP contribution in [0.4, 0.5) is 5.69 Å². The summed E-state index contributed by atoms with van der Waals surface area (Å²) in [6.45, 7) is 1.95. The van der Waals surface area contributed by atoms with E-state index in [4.69, 9.17) is 16.0 Å². The van der Waals surface area contributed by atoms with Gasteiger partial charge >= 0.3 is 0 Å². The predicted octanol–water partition coefficient (Wildman–Crippen LogP) is 6.22. The number of nitrogens with one attached hydrogen (secondary N) is 1. The molecule has 0 radical (unpaired) electrons. The highest BCUT2D eigenvalue weighted by Gasteiger charge is 2.17. The molecular formula is C23H17ClN2O2. The Labute approximate surface area is 167 Å². The van der Waals surface area contributed by atoms with Crippen LogP contribution in [-0.2, 0) is 0 Å². The fourth-order valence-electron chi connectivity index (χ4n) is 2.92. The summed E-state index contributed by atoms with van der Waals surface area (Å²) in [4.78, 5) is 17.3. The molecule has 0 saturated heterocycles. The molecule has 0 atom stereocenters. The molecule has 0 saturated carbocycles. The zero-order valence-corrected chi connectivity index (χ0v) is 15.9. The van der Waals surface area contributed by atoms with E-state index in [9.17, 15) is 4.79 Å². The summed E-state index contributed by atoms with van der Waals surface area (Å²) < 4.78 is 5.93. The van der Waals surface area contributed by atoms with Gasteiger partial charge in [0.15, 0.2) is 5.76 Å². The van der Waals surface area contributed by atoms with Gasteiger partial charge < -0.3 is 9.73 Å². The van der Waals surface area contributed by atoms with Crippen molar-refractivity contribution in [3.8, 4) is 22.8 Å². The van der Waals surface area contributed by atoms with Gasteiger partial charge in [0.2, 0.25) is 5.89 Å². The highest BCUT2D eigenvalue weighted by Crippen LogP contribution is 2.29. The number of aryl methyl sites for hydroxylation is 1. The number of nitrogens with zero attached hydrogens (tertiary/aromatic N) is 1. The van der Waals surface area contributed by atoms with E-state index in [2.05, 4.69) is 10.3 Å². The molecule has 0 aliphatic carbocycles. The minimum atomic E-state index is -0.212. The van der Waals surface area contributed by atoms with E-state index >= 15 is 0 Å². The average Bonchev–Trinajstić information content (AvgIpc) is 3.20. The number of aromatic nitrogens is 1. The first-order chi connectivity index (χ1) is 13.6. The van der Waals surface area contributed by atoms with Gasteiger partial charge in [-0.25, -0.2) is 4.98 Å². The maximum Gasteiger partial charge on any atom is 0.256 e. The normalized spacial score (nSPS) is 10.6. The van der Waals surface area contributed by atoms with Gasteiger partial charge in [-0.1, -0.05) is 41.9 Å². The second kappa shape index (κ2) is 7.71. The molecule has 0 aliphatic heterocycles. The van der Waals surface area contributed by atoms with Crippen LogP contribution in [0.25, 0.3) is 22.8 Å². The molecule has 1 N–H and O–H groups in total. The SMILES string of the molecule is Cc1ccccc1NC(=O)c1ccccc1-c1ncc(-c2ccc(Cl)cc2)o1. The third-order valence-electron chi connectivity index (χ3n) is 4.43. The molecule has 0 unspecified atom stereocenters. The van der Waals surface area contributed by atoms with Gasteiger partial charge in [0.05, 0.1) is 11.8 Å². The Morgan fingerprint density at radius 2 is 1.68 bits per heavy atom. The topological polar surface area (TPSA) is 55.1 Å². The predicted molar refractivity (Wildman–Crippen MR) is 112 cm³/mol. The molecule has 5 heteroatoms. The molecule has 4 aromatic rings. The number of para-hydroxylation sites is 1. The van der Waals surface area contributed by atoms with Crippen molar-refractivity contribution >= 4 is 23.2 Å². The largest absolute Gasteiger partial charge is 0.436 e. The van der Waals surface area contributed by atoms with Crippen LogP contribution in [0.5, 0.6) is 0 Å². The van der Waals surface area contributed by atoms with Gasteiger partial charge in [-0.3, -0.25) is 4.79 Å². The molecular weight excluding hydrogens is 372 g/mol. The lowest BCUT2D eigenvalue weighted by Crippen LogP contribution is -2.13. The van der Waals surface area contributed by atoms with Crippen molar-refractivity contribution in [2.24, 2.45) is 0 Å². The van der Waals surface area contributed by atoms with Gasteiger partial charge in [0, 0.05) is 21.8 Å². The molecule has 1 amide bonds. The van der Waals surface area contributed by atoms with Gasteiger partial charge in [-0.15, -0.1) is 0 Å². The summed E-state index contributed by atoms with van der Waals surface area (Å²) in [6.07, 6.45) is 1.65. The first-order valence-corrected chi connectivity index (χ1v) is 9.18. The Balaban J connectivity index is 1.66. The maximum atomic E-state index is 12.9. The Bertz CT molecular complexity index is 1130. The first kappa shape index (κ1) is 18.0. The van der Waals surface area contributed by atoms with Crippen LogP contribution < -0.4 is 5.32 Å². The van der Waals surface area contributed by atoms with Crippen LogP contribution in [0, 0.1) is 6.92 Å². The highest BCUT2D eigenvalue weighted by atomic mass is 35.5. The smallest absolute Gasteiger partial charge is 0.256 e. The Kier molecular flexibility index (Phi) is 4.96. The van der Waals surface area contributed by atoms with E-state index in [1.54, 1.807) is 24.4 Å². The number of hydrogen-bond donors (Lipinski definition) is 1. The molecule has 4 nitrogen and oxygen atoms in total. The molecule has 0 fully saturated rings. The minimum Gasteiger partial charge on any atom is -0.436 e. The number of oxazole rings is 1. The molecule has 4 rings (SSSR count). The lowest BCUT2D eigenvalue weighted by atomic mass is 10.1. The Morgan fingerprint density at radius 1 is 0.964 bits per heavy atom. The van der Waals surface area contributed by atoms with E-state index in [1.807, 2.05) is 61.5 Å². The fraction of sp³-hybridized carbons (Fsp3) is 0.0435. The van der Waals surface area contributed by atoms with Crippen LogP contribution in [-0.4, -0.2) is 10.9 Å². The van der Waals surface area contributed by atoms with E-state index in [-0.39, 0.29) is 5.91 Å². The summed E-state index contributed by atoms with van der Waals surface area (Å²) in [5, 5.41) is 3.61. The monoisotopic (exact) mass is 388 g/mol. The fourth-order valence-corrected chi connectivity index (χ4v) is 3.04. The number of amides is 1. The molecule has 1 heterocycles. The zero-order chi connectivity index (χ0) is 19.5. The number of rotatable bonds is 4. The number of hydrogen-bond acceptors (Lipinski definition) is 3. The summed E-state index contributed by atoms with van der Waals surface area (Å²) >= 11 is 5.94. The van der Waals surface area contributed by atoms with Crippen molar-refractivity contribution in [2.45, 2.75) is 6.92 Å². The van der Waals surface area contributed by atoms with Crippen LogP contribution in [0.15, 0.2) is 83.4 Å². The number of carbonyl (C=O) groups is 1. The van der Waals surface area contributed by atoms with E-state index in [1.165, 1.54) is 0 Å². The molecule has 1 aromatic heterocycles. The molecule has 28 heavy (non-hydrogen) atoms. The molecule has 0 spiro atoms. The van der Waals surface area contributed by atoms with Crippen molar-refractivity contribution in [1.82, 2.24) is 4.98 Å². The first-order valence-electron chi connectivity index (χ1n) is 8.80. The van der Waals surface area contributed by atoms with Crippen LogP contribution in [0.1, 0.15) is 15.9 Å². The summed E-state index contributed by atoms with van der Waals surface area (Å²) in [5.41, 5.74) is 3.76. The summed E-state index contributed by atoms with van der Waals surface area (Å²) in [5.74, 6) is 0.789.